The summed E-state index contributed by atoms with van der Waals surface area (Å²) in [6.45, 7) is 0.311. The van der Waals surface area contributed by atoms with Gasteiger partial charge in [0.15, 0.2) is 0 Å². The zero-order chi connectivity index (χ0) is 27.2. The molecule has 0 aliphatic carbocycles. The van der Waals surface area contributed by atoms with E-state index in [1.165, 1.54) is 0 Å². The number of carboxylic acid groups (broad SMARTS) is 1. The number of hydrogen-bond donors (Lipinski definition) is 3. The number of halogens is 3. The number of methoxy groups -OCH3 is 2. The van der Waals surface area contributed by atoms with E-state index >= 15 is 0 Å². The first-order valence-corrected chi connectivity index (χ1v) is 10.7. The number of benzene rings is 2. The van der Waals surface area contributed by atoms with E-state index in [4.69, 9.17) is 29.8 Å². The number of aromatic nitrogens is 2. The van der Waals surface area contributed by atoms with Crippen molar-refractivity contribution < 1.29 is 42.1 Å². The summed E-state index contributed by atoms with van der Waals surface area (Å²) in [6.07, 6.45) is -2.92. The lowest BCUT2D eigenvalue weighted by atomic mass is 9.95. The van der Waals surface area contributed by atoms with E-state index in [9.17, 15) is 18.0 Å². The van der Waals surface area contributed by atoms with Crippen LogP contribution in [0.2, 0.25) is 0 Å². The number of carbonyl (C=O) groups excluding carboxylic acids is 1. The predicted octanol–water partition coefficient (Wildman–Crippen LogP) is 3.57. The molecule has 1 unspecified atom stereocenters. The lowest BCUT2D eigenvalue weighted by Crippen LogP contribution is -2.32. The smallest absolute Gasteiger partial charge is 0.490 e. The molecule has 0 bridgehead atoms. The molecule has 4 rings (SSSR count). The molecule has 1 aliphatic heterocycles. The van der Waals surface area contributed by atoms with Crippen LogP contribution in [0.4, 0.5) is 24.8 Å². The molecule has 196 valence electrons. The average molecular weight is 520 g/mol. The third-order valence-electron chi connectivity index (χ3n) is 5.22. The van der Waals surface area contributed by atoms with Crippen molar-refractivity contribution in [2.45, 2.75) is 12.6 Å². The van der Waals surface area contributed by atoms with Gasteiger partial charge in [0, 0.05) is 11.8 Å². The average Bonchev–Trinajstić information content (AvgIpc) is 2.88. The number of aliphatic carboxylic acids is 1. The van der Waals surface area contributed by atoms with E-state index in [2.05, 4.69) is 15.3 Å². The maximum Gasteiger partial charge on any atom is 0.490 e. The fourth-order valence-corrected chi connectivity index (χ4v) is 3.39. The number of nitrogen functional groups attached to an aromatic ring is 1. The Hall–Kier alpha value is -4.55. The van der Waals surface area contributed by atoms with Crippen molar-refractivity contribution in [1.29, 1.82) is 0 Å². The fraction of sp³-hybridized carbons (Fsp3) is 0.250. The number of nitrogens with zero attached hydrogens (tertiary/aromatic N) is 2. The molecule has 37 heavy (non-hydrogen) atoms. The van der Waals surface area contributed by atoms with Crippen molar-refractivity contribution in [2.75, 3.05) is 31.9 Å². The zero-order valence-corrected chi connectivity index (χ0v) is 19.7. The number of nitrogens with two attached hydrogens (primary N) is 1. The zero-order valence-electron chi connectivity index (χ0n) is 19.7. The monoisotopic (exact) mass is 520 g/mol. The predicted molar refractivity (Wildman–Crippen MR) is 126 cm³/mol. The molecule has 1 aliphatic rings. The van der Waals surface area contributed by atoms with Crippen molar-refractivity contribution in [3.63, 3.8) is 0 Å². The Labute approximate surface area is 209 Å². The van der Waals surface area contributed by atoms with Gasteiger partial charge in [0.1, 0.15) is 23.9 Å². The van der Waals surface area contributed by atoms with Crippen molar-refractivity contribution in [3.8, 4) is 28.5 Å². The fourth-order valence-electron chi connectivity index (χ4n) is 3.39. The molecule has 0 spiro atoms. The van der Waals surface area contributed by atoms with Crippen molar-refractivity contribution >= 4 is 23.5 Å². The number of amides is 1. The first-order chi connectivity index (χ1) is 17.5. The Kier molecular flexibility index (Phi) is 8.37. The molecule has 10 nitrogen and oxygen atoms in total. The van der Waals surface area contributed by atoms with E-state index < -0.39 is 12.1 Å². The van der Waals surface area contributed by atoms with E-state index in [1.54, 1.807) is 38.6 Å². The number of carbonyl (C=O) groups is 2. The number of fused-ring (bicyclic) bond motifs is 1. The van der Waals surface area contributed by atoms with Crippen LogP contribution in [-0.2, 0) is 16.0 Å². The lowest BCUT2D eigenvalue weighted by Gasteiger charge is -2.25. The van der Waals surface area contributed by atoms with Gasteiger partial charge in [-0.1, -0.05) is 6.07 Å². The Bertz CT molecular complexity index is 1290. The SMILES string of the molecule is COc1ccc2c(c1)CC(C(=O)Nc1ccc(-c3ccnc(N)n3)cc1OC)CO2.O=C(O)C(F)(F)F. The van der Waals surface area contributed by atoms with Gasteiger partial charge in [0.25, 0.3) is 0 Å². The van der Waals surface area contributed by atoms with Gasteiger partial charge in [-0.15, -0.1) is 0 Å². The molecule has 1 atom stereocenters. The minimum absolute atomic E-state index is 0.138. The quantitative estimate of drug-likeness (QED) is 0.460. The summed E-state index contributed by atoms with van der Waals surface area (Å²) >= 11 is 0. The number of alkyl halides is 3. The molecule has 2 heterocycles. The van der Waals surface area contributed by atoms with Crippen LogP contribution in [0.25, 0.3) is 11.3 Å². The van der Waals surface area contributed by atoms with Crippen LogP contribution in [0.15, 0.2) is 48.7 Å². The second kappa shape index (κ2) is 11.5. The molecule has 1 amide bonds. The van der Waals surface area contributed by atoms with Gasteiger partial charge >= 0.3 is 12.1 Å². The van der Waals surface area contributed by atoms with Crippen LogP contribution >= 0.6 is 0 Å². The highest BCUT2D eigenvalue weighted by Gasteiger charge is 2.38. The third-order valence-corrected chi connectivity index (χ3v) is 5.22. The van der Waals surface area contributed by atoms with Crippen molar-refractivity contribution in [1.82, 2.24) is 9.97 Å². The van der Waals surface area contributed by atoms with Gasteiger partial charge in [-0.3, -0.25) is 4.79 Å². The summed E-state index contributed by atoms with van der Waals surface area (Å²) < 4.78 is 48.2. The molecule has 0 fully saturated rings. The van der Waals surface area contributed by atoms with Gasteiger partial charge in [-0.25, -0.2) is 14.8 Å². The van der Waals surface area contributed by atoms with Crippen molar-refractivity contribution in [2.24, 2.45) is 5.92 Å². The second-order valence-electron chi connectivity index (χ2n) is 7.69. The minimum Gasteiger partial charge on any atom is -0.497 e. The summed E-state index contributed by atoms with van der Waals surface area (Å²) in [5.74, 6) is -0.981. The van der Waals surface area contributed by atoms with E-state index in [0.29, 0.717) is 30.2 Å². The molecule has 0 radical (unpaired) electrons. The third kappa shape index (κ3) is 6.99. The Morgan fingerprint density at radius 1 is 1.14 bits per heavy atom. The number of nitrogens with one attached hydrogen (secondary N) is 1. The molecule has 4 N–H and O–H groups in total. The van der Waals surface area contributed by atoms with E-state index in [0.717, 1.165) is 22.6 Å². The van der Waals surface area contributed by atoms with Gasteiger partial charge in [-0.2, -0.15) is 13.2 Å². The summed E-state index contributed by atoms with van der Waals surface area (Å²) in [7, 11) is 3.16. The Balaban J connectivity index is 0.000000479. The van der Waals surface area contributed by atoms with Crippen LogP contribution < -0.4 is 25.3 Å². The number of carboxylic acids is 1. The summed E-state index contributed by atoms with van der Waals surface area (Å²) in [6, 6.07) is 12.8. The highest BCUT2D eigenvalue weighted by Crippen LogP contribution is 2.33. The molecule has 0 saturated carbocycles. The number of rotatable bonds is 5. The highest BCUT2D eigenvalue weighted by atomic mass is 19.4. The maximum atomic E-state index is 12.9. The topological polar surface area (TPSA) is 146 Å². The maximum absolute atomic E-state index is 12.9. The molecule has 2 aromatic carbocycles. The summed E-state index contributed by atoms with van der Waals surface area (Å²) in [4.78, 5) is 29.9. The summed E-state index contributed by atoms with van der Waals surface area (Å²) in [5.41, 5.74) is 8.67. The standard InChI is InChI=1S/C22H22N4O4.C2HF3O2/c1-28-16-4-6-19-14(10-16)9-15(12-30-19)21(27)25-18-5-3-13(11-20(18)29-2)17-7-8-24-22(23)26-17;3-2(4,5)1(6)7/h3-8,10-11,15H,9,12H2,1-2H3,(H,25,27)(H2,23,24,26);(H,6,7). The van der Waals surface area contributed by atoms with Gasteiger partial charge in [0.2, 0.25) is 11.9 Å². The van der Waals surface area contributed by atoms with Crippen LogP contribution in [0.3, 0.4) is 0 Å². The van der Waals surface area contributed by atoms with Crippen LogP contribution in [0, 0.1) is 5.92 Å². The molecule has 0 saturated heterocycles. The van der Waals surface area contributed by atoms with E-state index in [1.807, 2.05) is 24.3 Å². The largest absolute Gasteiger partial charge is 0.497 e. The van der Waals surface area contributed by atoms with Crippen LogP contribution in [0.5, 0.6) is 17.2 Å². The number of anilines is 2. The Morgan fingerprint density at radius 2 is 1.86 bits per heavy atom. The molecule has 13 heteroatoms. The van der Waals surface area contributed by atoms with Crippen LogP contribution in [-0.4, -0.2) is 54.0 Å². The molecule has 1 aromatic heterocycles. The van der Waals surface area contributed by atoms with Gasteiger partial charge in [-0.05, 0) is 48.4 Å². The highest BCUT2D eigenvalue weighted by molar-refractivity contribution is 5.95. The first kappa shape index (κ1) is 27.0. The van der Waals surface area contributed by atoms with Crippen molar-refractivity contribution in [3.05, 3.63) is 54.2 Å². The molecular formula is C24H23F3N4O6. The normalized spacial score (nSPS) is 14.2. The molecular weight excluding hydrogens is 497 g/mol. The Morgan fingerprint density at radius 3 is 2.49 bits per heavy atom. The number of hydrogen-bond acceptors (Lipinski definition) is 8. The van der Waals surface area contributed by atoms with Crippen LogP contribution in [0.1, 0.15) is 5.56 Å². The second-order valence-corrected chi connectivity index (χ2v) is 7.69. The summed E-state index contributed by atoms with van der Waals surface area (Å²) in [5, 5.41) is 10.1. The minimum atomic E-state index is -5.08. The van der Waals surface area contributed by atoms with E-state index in [-0.39, 0.29) is 17.8 Å². The first-order valence-electron chi connectivity index (χ1n) is 10.7. The number of ether oxygens (including phenoxy) is 3. The van der Waals surface area contributed by atoms with Gasteiger partial charge < -0.3 is 30.4 Å². The lowest BCUT2D eigenvalue weighted by molar-refractivity contribution is -0.192. The van der Waals surface area contributed by atoms with Gasteiger partial charge in [0.05, 0.1) is 31.5 Å². The molecule has 3 aromatic rings.